The number of pyridine rings is 1. The summed E-state index contributed by atoms with van der Waals surface area (Å²) in [6.07, 6.45) is 1.79. The van der Waals surface area contributed by atoms with Crippen molar-refractivity contribution in [3.05, 3.63) is 66.0 Å². The minimum atomic E-state index is -0.630. The van der Waals surface area contributed by atoms with E-state index in [1.807, 2.05) is 55.5 Å². The van der Waals surface area contributed by atoms with Crippen LogP contribution in [0.15, 0.2) is 54.7 Å². The highest BCUT2D eigenvalue weighted by Gasteiger charge is 2.24. The van der Waals surface area contributed by atoms with Crippen LogP contribution in [0.25, 0.3) is 16.6 Å². The third-order valence-electron chi connectivity index (χ3n) is 4.06. The number of carbonyl (C=O) groups excluding carboxylic acids is 2. The molecule has 3 aromatic rings. The Balaban J connectivity index is 2.06. The van der Waals surface area contributed by atoms with Crippen molar-refractivity contribution in [3.8, 4) is 11.1 Å². The van der Waals surface area contributed by atoms with Gasteiger partial charge in [-0.25, -0.2) is 0 Å². The van der Waals surface area contributed by atoms with E-state index in [1.165, 1.54) is 0 Å². The van der Waals surface area contributed by atoms with Crippen LogP contribution < -0.4 is 5.32 Å². The van der Waals surface area contributed by atoms with Crippen LogP contribution in [0.5, 0.6) is 0 Å². The van der Waals surface area contributed by atoms with Crippen LogP contribution in [-0.2, 0) is 9.53 Å². The Morgan fingerprint density at radius 2 is 1.88 bits per heavy atom. The lowest BCUT2D eigenvalue weighted by Crippen LogP contribution is -2.34. The van der Waals surface area contributed by atoms with Gasteiger partial charge in [-0.3, -0.25) is 9.59 Å². The highest BCUT2D eigenvalue weighted by molar-refractivity contribution is 6.43. The standard InChI is InChI=1S/C20H20N2O3/c1-14-6-8-15(9-7-14)17-13-16-5-3-4-11-22(16)18(17)19(23)20(24)21-10-12-25-2/h3-9,11,13H,10,12H2,1-2H3,(H,21,24). The number of amides is 1. The molecule has 1 amide bonds. The second-order valence-corrected chi connectivity index (χ2v) is 5.85. The summed E-state index contributed by atoms with van der Waals surface area (Å²) in [6.45, 7) is 2.67. The molecule has 0 spiro atoms. The number of hydrogen-bond donors (Lipinski definition) is 1. The molecule has 0 saturated heterocycles. The predicted octanol–water partition coefficient (Wildman–Crippen LogP) is 2.86. The van der Waals surface area contributed by atoms with E-state index in [9.17, 15) is 9.59 Å². The van der Waals surface area contributed by atoms with Crippen molar-refractivity contribution in [2.24, 2.45) is 0 Å². The van der Waals surface area contributed by atoms with Crippen molar-refractivity contribution in [3.63, 3.8) is 0 Å². The fourth-order valence-corrected chi connectivity index (χ4v) is 2.76. The van der Waals surface area contributed by atoms with Gasteiger partial charge < -0.3 is 14.5 Å². The van der Waals surface area contributed by atoms with Crippen molar-refractivity contribution in [1.29, 1.82) is 0 Å². The first-order chi connectivity index (χ1) is 12.1. The van der Waals surface area contributed by atoms with Crippen LogP contribution in [0.1, 0.15) is 16.1 Å². The van der Waals surface area contributed by atoms with Gasteiger partial charge in [-0.15, -0.1) is 0 Å². The Kier molecular flexibility index (Phi) is 4.95. The summed E-state index contributed by atoms with van der Waals surface area (Å²) in [5.74, 6) is -1.19. The lowest BCUT2D eigenvalue weighted by atomic mass is 10.0. The summed E-state index contributed by atoms with van der Waals surface area (Å²) in [5.41, 5.74) is 4.03. The molecule has 25 heavy (non-hydrogen) atoms. The zero-order valence-corrected chi connectivity index (χ0v) is 14.3. The second-order valence-electron chi connectivity index (χ2n) is 5.85. The number of ketones is 1. The number of methoxy groups -OCH3 is 1. The number of benzene rings is 1. The fraction of sp³-hybridized carbons (Fsp3) is 0.200. The maximum atomic E-state index is 12.8. The molecule has 5 nitrogen and oxygen atoms in total. The van der Waals surface area contributed by atoms with Gasteiger partial charge in [0.1, 0.15) is 5.69 Å². The number of nitrogens with one attached hydrogen (secondary N) is 1. The van der Waals surface area contributed by atoms with Gasteiger partial charge in [0, 0.05) is 30.9 Å². The quantitative estimate of drug-likeness (QED) is 0.428. The summed E-state index contributed by atoms with van der Waals surface area (Å²) in [7, 11) is 1.55. The Morgan fingerprint density at radius 3 is 2.60 bits per heavy atom. The van der Waals surface area contributed by atoms with E-state index in [0.29, 0.717) is 18.8 Å². The second kappa shape index (κ2) is 7.32. The van der Waals surface area contributed by atoms with Gasteiger partial charge >= 0.3 is 0 Å². The first kappa shape index (κ1) is 16.9. The molecule has 0 radical (unpaired) electrons. The third-order valence-corrected chi connectivity index (χ3v) is 4.06. The van der Waals surface area contributed by atoms with Gasteiger partial charge in [0.15, 0.2) is 0 Å². The van der Waals surface area contributed by atoms with Gasteiger partial charge in [-0.2, -0.15) is 0 Å². The minimum absolute atomic E-state index is 0.296. The largest absolute Gasteiger partial charge is 0.383 e. The first-order valence-electron chi connectivity index (χ1n) is 8.10. The molecule has 5 heteroatoms. The number of aromatic nitrogens is 1. The number of ether oxygens (including phenoxy) is 1. The van der Waals surface area contributed by atoms with E-state index in [4.69, 9.17) is 4.74 Å². The number of fused-ring (bicyclic) bond motifs is 1. The molecular weight excluding hydrogens is 316 g/mol. The van der Waals surface area contributed by atoms with E-state index in [-0.39, 0.29) is 0 Å². The topological polar surface area (TPSA) is 59.8 Å². The van der Waals surface area contributed by atoms with Crippen molar-refractivity contribution in [2.75, 3.05) is 20.3 Å². The molecule has 1 aromatic carbocycles. The smallest absolute Gasteiger partial charge is 0.294 e. The fourth-order valence-electron chi connectivity index (χ4n) is 2.76. The molecule has 0 atom stereocenters. The molecule has 0 bridgehead atoms. The highest BCUT2D eigenvalue weighted by Crippen LogP contribution is 2.28. The molecule has 0 unspecified atom stereocenters. The lowest BCUT2D eigenvalue weighted by Gasteiger charge is -2.07. The average Bonchev–Trinajstić information content (AvgIpc) is 3.01. The summed E-state index contributed by atoms with van der Waals surface area (Å²) in [6, 6.07) is 15.5. The number of carbonyl (C=O) groups is 2. The molecule has 0 fully saturated rings. The zero-order chi connectivity index (χ0) is 17.8. The first-order valence-corrected chi connectivity index (χ1v) is 8.10. The molecule has 0 saturated carbocycles. The van der Waals surface area contributed by atoms with Crippen LogP contribution in [0, 0.1) is 6.92 Å². The summed E-state index contributed by atoms with van der Waals surface area (Å²) in [5, 5.41) is 2.60. The molecule has 128 valence electrons. The molecule has 0 aliphatic heterocycles. The van der Waals surface area contributed by atoms with E-state index >= 15 is 0 Å². The average molecular weight is 336 g/mol. The number of Topliss-reactive ketones (excluding diaryl/α,β-unsaturated/α-hetero) is 1. The Hall–Kier alpha value is -2.92. The maximum Gasteiger partial charge on any atom is 0.294 e. The Bertz CT molecular complexity index is 910. The monoisotopic (exact) mass is 336 g/mol. The van der Waals surface area contributed by atoms with Gasteiger partial charge in [0.05, 0.1) is 6.61 Å². The Morgan fingerprint density at radius 1 is 1.12 bits per heavy atom. The van der Waals surface area contributed by atoms with Crippen LogP contribution >= 0.6 is 0 Å². The number of nitrogens with zero attached hydrogens (tertiary/aromatic N) is 1. The van der Waals surface area contributed by atoms with E-state index in [0.717, 1.165) is 22.2 Å². The summed E-state index contributed by atoms with van der Waals surface area (Å²) in [4.78, 5) is 25.1. The molecular formula is C20H20N2O3. The van der Waals surface area contributed by atoms with Gasteiger partial charge in [0.2, 0.25) is 0 Å². The molecule has 0 aliphatic carbocycles. The SMILES string of the molecule is COCCNC(=O)C(=O)c1c(-c2ccc(C)cc2)cc2ccccn12. The van der Waals surface area contributed by atoms with Crippen molar-refractivity contribution in [1.82, 2.24) is 9.72 Å². The van der Waals surface area contributed by atoms with Crippen LogP contribution in [-0.4, -0.2) is 36.4 Å². The van der Waals surface area contributed by atoms with E-state index in [2.05, 4.69) is 5.32 Å². The van der Waals surface area contributed by atoms with Crippen molar-refractivity contribution < 1.29 is 14.3 Å². The summed E-state index contributed by atoms with van der Waals surface area (Å²) >= 11 is 0. The highest BCUT2D eigenvalue weighted by atomic mass is 16.5. The normalized spacial score (nSPS) is 10.8. The van der Waals surface area contributed by atoms with Gasteiger partial charge in [-0.1, -0.05) is 35.9 Å². The number of rotatable bonds is 6. The van der Waals surface area contributed by atoms with Crippen molar-refractivity contribution in [2.45, 2.75) is 6.92 Å². The predicted molar refractivity (Wildman–Crippen MR) is 96.8 cm³/mol. The summed E-state index contributed by atoms with van der Waals surface area (Å²) < 4.78 is 6.66. The molecule has 2 aromatic heterocycles. The Labute approximate surface area is 146 Å². The van der Waals surface area contributed by atoms with Gasteiger partial charge in [0.25, 0.3) is 11.7 Å². The van der Waals surface area contributed by atoms with Crippen LogP contribution in [0.3, 0.4) is 0 Å². The number of aryl methyl sites for hydroxylation is 1. The molecule has 2 heterocycles. The zero-order valence-electron chi connectivity index (χ0n) is 14.3. The lowest BCUT2D eigenvalue weighted by molar-refractivity contribution is -0.117. The molecule has 3 rings (SSSR count). The third kappa shape index (κ3) is 3.46. The maximum absolute atomic E-state index is 12.8. The van der Waals surface area contributed by atoms with E-state index in [1.54, 1.807) is 17.7 Å². The number of hydrogen-bond acceptors (Lipinski definition) is 3. The van der Waals surface area contributed by atoms with E-state index < -0.39 is 11.7 Å². The van der Waals surface area contributed by atoms with Crippen LogP contribution in [0.2, 0.25) is 0 Å². The minimum Gasteiger partial charge on any atom is -0.383 e. The molecule has 1 N–H and O–H groups in total. The van der Waals surface area contributed by atoms with Gasteiger partial charge in [-0.05, 0) is 30.7 Å². The van der Waals surface area contributed by atoms with Crippen LogP contribution in [0.4, 0.5) is 0 Å². The van der Waals surface area contributed by atoms with Crippen molar-refractivity contribution >= 4 is 17.2 Å². The molecule has 0 aliphatic rings.